The van der Waals surface area contributed by atoms with Gasteiger partial charge in [-0.15, -0.1) is 0 Å². The number of sulfone groups is 1. The monoisotopic (exact) mass is 330 g/mol. The SMILES string of the molecule is COc1ccc(-c2ccccc2S(=O)(=O)C(F)(F)F)cc1C. The maximum Gasteiger partial charge on any atom is 0.501 e. The molecule has 0 fully saturated rings. The summed E-state index contributed by atoms with van der Waals surface area (Å²) in [6.07, 6.45) is 0. The highest BCUT2D eigenvalue weighted by Crippen LogP contribution is 2.37. The Hall–Kier alpha value is -2.02. The lowest BCUT2D eigenvalue weighted by molar-refractivity contribution is -0.0435. The Bertz CT molecular complexity index is 796. The fraction of sp³-hybridized carbons (Fsp3) is 0.200. The Balaban J connectivity index is 2.67. The molecule has 0 aromatic heterocycles. The number of hydrogen-bond donors (Lipinski definition) is 0. The summed E-state index contributed by atoms with van der Waals surface area (Å²) in [5, 5.41) is 0. The van der Waals surface area contributed by atoms with Gasteiger partial charge in [-0.2, -0.15) is 13.2 Å². The molecule has 0 amide bonds. The number of halogens is 3. The van der Waals surface area contributed by atoms with E-state index < -0.39 is 20.2 Å². The first-order valence-corrected chi connectivity index (χ1v) is 7.72. The summed E-state index contributed by atoms with van der Waals surface area (Å²) >= 11 is 0. The minimum atomic E-state index is -5.42. The van der Waals surface area contributed by atoms with Crippen LogP contribution in [0.4, 0.5) is 13.2 Å². The maximum atomic E-state index is 12.8. The molecule has 0 unspecified atom stereocenters. The molecule has 0 aliphatic heterocycles. The molecule has 3 nitrogen and oxygen atoms in total. The summed E-state index contributed by atoms with van der Waals surface area (Å²) in [7, 11) is -3.94. The van der Waals surface area contributed by atoms with Gasteiger partial charge >= 0.3 is 5.51 Å². The number of alkyl halides is 3. The highest BCUT2D eigenvalue weighted by atomic mass is 32.2. The van der Waals surface area contributed by atoms with Crippen LogP contribution in [0.25, 0.3) is 11.1 Å². The van der Waals surface area contributed by atoms with Crippen LogP contribution < -0.4 is 4.74 Å². The Morgan fingerprint density at radius 2 is 1.68 bits per heavy atom. The van der Waals surface area contributed by atoms with Gasteiger partial charge in [0.05, 0.1) is 12.0 Å². The van der Waals surface area contributed by atoms with E-state index in [9.17, 15) is 21.6 Å². The van der Waals surface area contributed by atoms with Crippen LogP contribution in [0, 0.1) is 6.92 Å². The number of ether oxygens (including phenoxy) is 1. The lowest BCUT2D eigenvalue weighted by Crippen LogP contribution is -2.23. The van der Waals surface area contributed by atoms with E-state index >= 15 is 0 Å². The largest absolute Gasteiger partial charge is 0.501 e. The molecule has 22 heavy (non-hydrogen) atoms. The molecule has 2 rings (SSSR count). The van der Waals surface area contributed by atoms with E-state index in [0.29, 0.717) is 16.9 Å². The van der Waals surface area contributed by atoms with Crippen molar-refractivity contribution in [1.29, 1.82) is 0 Å². The maximum absolute atomic E-state index is 12.8. The average molecular weight is 330 g/mol. The lowest BCUT2D eigenvalue weighted by atomic mass is 10.0. The molecule has 2 aromatic carbocycles. The summed E-state index contributed by atoms with van der Waals surface area (Å²) in [5.74, 6) is 0.569. The summed E-state index contributed by atoms with van der Waals surface area (Å²) < 4.78 is 66.9. The molecular weight excluding hydrogens is 317 g/mol. The van der Waals surface area contributed by atoms with Crippen molar-refractivity contribution in [1.82, 2.24) is 0 Å². The van der Waals surface area contributed by atoms with Gasteiger partial charge in [-0.3, -0.25) is 0 Å². The topological polar surface area (TPSA) is 43.4 Å². The number of rotatable bonds is 3. The van der Waals surface area contributed by atoms with Gasteiger partial charge in [0.1, 0.15) is 5.75 Å². The third-order valence-electron chi connectivity index (χ3n) is 3.19. The first-order valence-electron chi connectivity index (χ1n) is 6.24. The molecule has 0 aliphatic carbocycles. The number of aryl methyl sites for hydroxylation is 1. The third-order valence-corrected chi connectivity index (χ3v) is 4.73. The predicted molar refractivity (Wildman–Crippen MR) is 76.4 cm³/mol. The molecule has 0 bridgehead atoms. The van der Waals surface area contributed by atoms with E-state index in [4.69, 9.17) is 4.74 Å². The van der Waals surface area contributed by atoms with Crippen LogP contribution in [0.3, 0.4) is 0 Å². The Kier molecular flexibility index (Phi) is 4.19. The second-order valence-corrected chi connectivity index (χ2v) is 6.54. The van der Waals surface area contributed by atoms with E-state index in [1.165, 1.54) is 31.4 Å². The van der Waals surface area contributed by atoms with E-state index in [-0.39, 0.29) is 5.56 Å². The van der Waals surface area contributed by atoms with Gasteiger partial charge in [-0.25, -0.2) is 8.42 Å². The second-order valence-electron chi connectivity index (χ2n) is 4.63. The summed E-state index contributed by atoms with van der Waals surface area (Å²) in [5.41, 5.74) is -4.27. The van der Waals surface area contributed by atoms with Crippen LogP contribution in [0.15, 0.2) is 47.4 Å². The Morgan fingerprint density at radius 1 is 1.05 bits per heavy atom. The Labute approximate surface area is 126 Å². The molecule has 0 aliphatic rings. The summed E-state index contributed by atoms with van der Waals surface area (Å²) in [4.78, 5) is -0.757. The van der Waals surface area contributed by atoms with Crippen molar-refractivity contribution in [2.45, 2.75) is 17.3 Å². The van der Waals surface area contributed by atoms with Crippen molar-refractivity contribution >= 4 is 9.84 Å². The van der Waals surface area contributed by atoms with Crippen molar-refractivity contribution in [2.75, 3.05) is 7.11 Å². The van der Waals surface area contributed by atoms with Crippen molar-refractivity contribution in [2.24, 2.45) is 0 Å². The number of benzene rings is 2. The highest BCUT2D eigenvalue weighted by molar-refractivity contribution is 7.92. The van der Waals surface area contributed by atoms with Gasteiger partial charge in [-0.05, 0) is 36.2 Å². The number of methoxy groups -OCH3 is 1. The third kappa shape index (κ3) is 2.81. The minimum absolute atomic E-state index is 0.00516. The molecule has 2 aromatic rings. The smallest absolute Gasteiger partial charge is 0.496 e. The fourth-order valence-electron chi connectivity index (χ4n) is 2.11. The van der Waals surface area contributed by atoms with Crippen LogP contribution in [0.2, 0.25) is 0 Å². The van der Waals surface area contributed by atoms with Crippen molar-refractivity contribution in [3.8, 4) is 16.9 Å². The zero-order valence-electron chi connectivity index (χ0n) is 11.8. The first-order chi connectivity index (χ1) is 10.2. The molecular formula is C15H13F3O3S. The van der Waals surface area contributed by atoms with Crippen molar-refractivity contribution < 1.29 is 26.3 Å². The van der Waals surface area contributed by atoms with Crippen LogP contribution in [-0.4, -0.2) is 21.0 Å². The average Bonchev–Trinajstić information content (AvgIpc) is 2.46. The molecule has 7 heteroatoms. The molecule has 0 spiro atoms. The summed E-state index contributed by atoms with van der Waals surface area (Å²) in [6.45, 7) is 1.73. The van der Waals surface area contributed by atoms with E-state index in [2.05, 4.69) is 0 Å². The molecule has 0 radical (unpaired) electrons. The number of hydrogen-bond acceptors (Lipinski definition) is 3. The molecule has 0 N–H and O–H groups in total. The van der Waals surface area contributed by atoms with Gasteiger partial charge in [0.25, 0.3) is 9.84 Å². The van der Waals surface area contributed by atoms with Gasteiger partial charge in [0, 0.05) is 5.56 Å². The molecule has 0 atom stereocenters. The van der Waals surface area contributed by atoms with E-state index in [1.807, 2.05) is 0 Å². The van der Waals surface area contributed by atoms with Gasteiger partial charge in [0.2, 0.25) is 0 Å². The van der Waals surface area contributed by atoms with Gasteiger partial charge in [-0.1, -0.05) is 24.3 Å². The van der Waals surface area contributed by atoms with Gasteiger partial charge < -0.3 is 4.74 Å². The van der Waals surface area contributed by atoms with Crippen LogP contribution in [-0.2, 0) is 9.84 Å². The first kappa shape index (κ1) is 16.4. The van der Waals surface area contributed by atoms with E-state index in [1.54, 1.807) is 19.1 Å². The second kappa shape index (κ2) is 5.64. The van der Waals surface area contributed by atoms with Crippen molar-refractivity contribution in [3.05, 3.63) is 48.0 Å². The molecule has 0 saturated carbocycles. The lowest BCUT2D eigenvalue weighted by Gasteiger charge is -2.14. The predicted octanol–water partition coefficient (Wildman–Crippen LogP) is 3.96. The fourth-order valence-corrected chi connectivity index (χ4v) is 3.09. The highest BCUT2D eigenvalue weighted by Gasteiger charge is 2.47. The summed E-state index contributed by atoms with van der Waals surface area (Å²) in [6, 6.07) is 9.75. The van der Waals surface area contributed by atoms with E-state index in [0.717, 1.165) is 6.07 Å². The zero-order chi connectivity index (χ0) is 16.5. The molecule has 0 saturated heterocycles. The van der Waals surface area contributed by atoms with Crippen LogP contribution >= 0.6 is 0 Å². The normalized spacial score (nSPS) is 12.2. The zero-order valence-corrected chi connectivity index (χ0v) is 12.6. The minimum Gasteiger partial charge on any atom is -0.496 e. The quantitative estimate of drug-likeness (QED) is 0.855. The van der Waals surface area contributed by atoms with Crippen LogP contribution in [0.5, 0.6) is 5.75 Å². The van der Waals surface area contributed by atoms with Gasteiger partial charge in [0.15, 0.2) is 0 Å². The Morgan fingerprint density at radius 3 is 2.23 bits per heavy atom. The van der Waals surface area contributed by atoms with Crippen molar-refractivity contribution in [3.63, 3.8) is 0 Å². The standard InChI is InChI=1S/C15H13F3O3S/c1-10-9-11(7-8-13(10)21-2)12-5-3-4-6-14(12)22(19,20)15(16,17)18/h3-9H,1-2H3. The molecule has 118 valence electrons. The van der Waals surface area contributed by atoms with Crippen LogP contribution in [0.1, 0.15) is 5.56 Å². The molecule has 0 heterocycles.